The monoisotopic (exact) mass is 268 g/mol. The van der Waals surface area contributed by atoms with Crippen molar-refractivity contribution in [2.75, 3.05) is 5.73 Å². The van der Waals surface area contributed by atoms with Crippen LogP contribution >= 0.6 is 11.3 Å². The SMILES string of the molecule is CCCc1nc(N)sc1Cc1cccc(F)c1F. The van der Waals surface area contributed by atoms with E-state index in [-0.39, 0.29) is 0 Å². The van der Waals surface area contributed by atoms with Crippen LogP contribution in [-0.4, -0.2) is 4.98 Å². The number of aryl methyl sites for hydroxylation is 1. The summed E-state index contributed by atoms with van der Waals surface area (Å²) in [7, 11) is 0. The van der Waals surface area contributed by atoms with E-state index in [1.54, 1.807) is 6.07 Å². The number of hydrogen-bond donors (Lipinski definition) is 1. The molecule has 5 heteroatoms. The fourth-order valence-electron chi connectivity index (χ4n) is 1.83. The highest BCUT2D eigenvalue weighted by Crippen LogP contribution is 2.26. The van der Waals surface area contributed by atoms with E-state index in [0.29, 0.717) is 17.1 Å². The summed E-state index contributed by atoms with van der Waals surface area (Å²) in [6.07, 6.45) is 2.09. The molecule has 0 amide bonds. The van der Waals surface area contributed by atoms with Crippen LogP contribution in [-0.2, 0) is 12.8 Å². The van der Waals surface area contributed by atoms with Gasteiger partial charge in [-0.3, -0.25) is 0 Å². The quantitative estimate of drug-likeness (QED) is 0.921. The second-order valence-electron chi connectivity index (χ2n) is 4.06. The van der Waals surface area contributed by atoms with Gasteiger partial charge in [-0.2, -0.15) is 0 Å². The summed E-state index contributed by atoms with van der Waals surface area (Å²) in [4.78, 5) is 5.14. The van der Waals surface area contributed by atoms with E-state index >= 15 is 0 Å². The number of nitrogens with zero attached hydrogens (tertiary/aromatic N) is 1. The second kappa shape index (κ2) is 5.44. The Morgan fingerprint density at radius 1 is 1.33 bits per heavy atom. The smallest absolute Gasteiger partial charge is 0.180 e. The Morgan fingerprint density at radius 3 is 2.83 bits per heavy atom. The van der Waals surface area contributed by atoms with E-state index in [0.717, 1.165) is 29.5 Å². The first-order valence-corrected chi connectivity index (χ1v) is 6.60. The summed E-state index contributed by atoms with van der Waals surface area (Å²) in [5.41, 5.74) is 6.91. The van der Waals surface area contributed by atoms with Crippen molar-refractivity contribution in [1.29, 1.82) is 0 Å². The summed E-state index contributed by atoms with van der Waals surface area (Å²) in [6, 6.07) is 4.22. The number of nitrogen functional groups attached to an aromatic ring is 1. The summed E-state index contributed by atoms with van der Waals surface area (Å²) in [5.74, 6) is -1.60. The highest BCUT2D eigenvalue weighted by molar-refractivity contribution is 7.15. The number of hydrogen-bond acceptors (Lipinski definition) is 3. The lowest BCUT2D eigenvalue weighted by atomic mass is 10.1. The molecule has 0 aliphatic carbocycles. The molecule has 18 heavy (non-hydrogen) atoms. The molecule has 1 aromatic heterocycles. The van der Waals surface area contributed by atoms with Crippen molar-refractivity contribution < 1.29 is 8.78 Å². The molecule has 96 valence electrons. The molecule has 2 aromatic rings. The molecule has 0 aliphatic rings. The summed E-state index contributed by atoms with van der Waals surface area (Å²) in [5, 5.41) is 0.477. The van der Waals surface area contributed by atoms with Crippen molar-refractivity contribution in [3.63, 3.8) is 0 Å². The van der Waals surface area contributed by atoms with Gasteiger partial charge in [0.1, 0.15) is 0 Å². The summed E-state index contributed by atoms with van der Waals surface area (Å²) < 4.78 is 26.7. The van der Waals surface area contributed by atoms with Gasteiger partial charge in [0.15, 0.2) is 16.8 Å². The van der Waals surface area contributed by atoms with Gasteiger partial charge in [0.2, 0.25) is 0 Å². The van der Waals surface area contributed by atoms with Crippen LogP contribution in [0.4, 0.5) is 13.9 Å². The van der Waals surface area contributed by atoms with Gasteiger partial charge in [0.25, 0.3) is 0 Å². The van der Waals surface area contributed by atoms with E-state index in [4.69, 9.17) is 5.73 Å². The standard InChI is InChI=1S/C13H14F2N2S/c1-2-4-10-11(18-13(16)17-10)7-8-5-3-6-9(14)12(8)15/h3,5-6H,2,4,7H2,1H3,(H2,16,17). The molecule has 0 spiro atoms. The maximum Gasteiger partial charge on any atom is 0.180 e. The molecule has 0 bridgehead atoms. The van der Waals surface area contributed by atoms with Crippen LogP contribution in [0.2, 0.25) is 0 Å². The van der Waals surface area contributed by atoms with Crippen LogP contribution in [0, 0.1) is 11.6 Å². The van der Waals surface area contributed by atoms with Crippen molar-refractivity contribution >= 4 is 16.5 Å². The minimum Gasteiger partial charge on any atom is -0.375 e. The zero-order valence-electron chi connectivity index (χ0n) is 10.0. The van der Waals surface area contributed by atoms with E-state index in [2.05, 4.69) is 4.98 Å². The average molecular weight is 268 g/mol. The van der Waals surface area contributed by atoms with E-state index in [1.807, 2.05) is 6.92 Å². The van der Waals surface area contributed by atoms with E-state index in [9.17, 15) is 8.78 Å². The van der Waals surface area contributed by atoms with Gasteiger partial charge in [-0.1, -0.05) is 25.5 Å². The Labute approximate surface area is 108 Å². The van der Waals surface area contributed by atoms with Gasteiger partial charge in [-0.25, -0.2) is 13.8 Å². The van der Waals surface area contributed by atoms with Gasteiger partial charge in [-0.15, -0.1) is 11.3 Å². The Kier molecular flexibility index (Phi) is 3.91. The third kappa shape index (κ3) is 2.67. The third-order valence-electron chi connectivity index (χ3n) is 2.66. The summed E-state index contributed by atoms with van der Waals surface area (Å²) >= 11 is 1.34. The van der Waals surface area contributed by atoms with Crippen LogP contribution in [0.1, 0.15) is 29.5 Å². The van der Waals surface area contributed by atoms with E-state index < -0.39 is 11.6 Å². The first-order valence-electron chi connectivity index (χ1n) is 5.78. The normalized spacial score (nSPS) is 10.8. The van der Waals surface area contributed by atoms with Crippen LogP contribution in [0.5, 0.6) is 0 Å². The Bertz CT molecular complexity index is 552. The molecule has 0 unspecified atom stereocenters. The van der Waals surface area contributed by atoms with Crippen LogP contribution in [0.15, 0.2) is 18.2 Å². The molecular formula is C13H14F2N2S. The Balaban J connectivity index is 2.30. The van der Waals surface area contributed by atoms with Crippen molar-refractivity contribution in [2.45, 2.75) is 26.2 Å². The molecule has 2 N–H and O–H groups in total. The topological polar surface area (TPSA) is 38.9 Å². The molecule has 0 saturated carbocycles. The molecule has 0 fully saturated rings. The fraction of sp³-hybridized carbons (Fsp3) is 0.308. The first kappa shape index (κ1) is 13.0. The maximum atomic E-state index is 13.6. The molecule has 0 radical (unpaired) electrons. The highest BCUT2D eigenvalue weighted by Gasteiger charge is 2.13. The predicted molar refractivity (Wildman–Crippen MR) is 69.7 cm³/mol. The van der Waals surface area contributed by atoms with Crippen molar-refractivity contribution in [3.8, 4) is 0 Å². The van der Waals surface area contributed by atoms with Gasteiger partial charge >= 0.3 is 0 Å². The number of rotatable bonds is 4. The van der Waals surface area contributed by atoms with Crippen molar-refractivity contribution in [1.82, 2.24) is 4.98 Å². The number of aromatic nitrogens is 1. The van der Waals surface area contributed by atoms with E-state index in [1.165, 1.54) is 17.4 Å². The van der Waals surface area contributed by atoms with Gasteiger partial charge in [-0.05, 0) is 18.1 Å². The number of anilines is 1. The van der Waals surface area contributed by atoms with Crippen LogP contribution in [0.3, 0.4) is 0 Å². The molecular weight excluding hydrogens is 254 g/mol. The average Bonchev–Trinajstić information content (AvgIpc) is 2.66. The lowest BCUT2D eigenvalue weighted by Gasteiger charge is -2.03. The van der Waals surface area contributed by atoms with Gasteiger partial charge < -0.3 is 5.73 Å². The minimum atomic E-state index is -0.818. The lowest BCUT2D eigenvalue weighted by Crippen LogP contribution is -1.97. The zero-order chi connectivity index (χ0) is 13.1. The maximum absolute atomic E-state index is 13.6. The highest BCUT2D eigenvalue weighted by atomic mass is 32.1. The Hall–Kier alpha value is -1.49. The lowest BCUT2D eigenvalue weighted by molar-refractivity contribution is 0.501. The number of nitrogens with two attached hydrogens (primary N) is 1. The van der Waals surface area contributed by atoms with Crippen LogP contribution in [0.25, 0.3) is 0 Å². The number of benzene rings is 1. The predicted octanol–water partition coefficient (Wildman–Crippen LogP) is 3.55. The molecule has 0 saturated heterocycles. The molecule has 0 aliphatic heterocycles. The molecule has 1 aromatic carbocycles. The molecule has 0 atom stereocenters. The van der Waals surface area contributed by atoms with Gasteiger partial charge in [0, 0.05) is 11.3 Å². The second-order valence-corrected chi connectivity index (χ2v) is 5.18. The third-order valence-corrected chi connectivity index (χ3v) is 3.59. The summed E-state index contributed by atoms with van der Waals surface area (Å²) in [6.45, 7) is 2.04. The molecule has 2 nitrogen and oxygen atoms in total. The Morgan fingerprint density at radius 2 is 2.11 bits per heavy atom. The first-order chi connectivity index (χ1) is 8.61. The molecule has 2 rings (SSSR count). The molecule has 1 heterocycles. The number of thiazole rings is 1. The largest absolute Gasteiger partial charge is 0.375 e. The van der Waals surface area contributed by atoms with Gasteiger partial charge in [0.05, 0.1) is 5.69 Å². The van der Waals surface area contributed by atoms with Crippen molar-refractivity contribution in [2.24, 2.45) is 0 Å². The zero-order valence-corrected chi connectivity index (χ0v) is 10.9. The van der Waals surface area contributed by atoms with Crippen LogP contribution < -0.4 is 5.73 Å². The fourth-order valence-corrected chi connectivity index (χ4v) is 2.73. The minimum absolute atomic E-state index is 0.341. The van der Waals surface area contributed by atoms with Crippen molar-refractivity contribution in [3.05, 3.63) is 46.0 Å². The number of halogens is 2.